The maximum absolute atomic E-state index is 11.5. The summed E-state index contributed by atoms with van der Waals surface area (Å²) in [5.41, 5.74) is 2.32. The van der Waals surface area contributed by atoms with Gasteiger partial charge in [-0.1, -0.05) is 41.4 Å². The number of benzene rings is 2. The molecule has 0 unspecified atom stereocenters. The highest BCUT2D eigenvalue weighted by molar-refractivity contribution is 6.43. The number of ether oxygens (including phenoxy) is 1. The van der Waals surface area contributed by atoms with Crippen LogP contribution in [-0.2, 0) is 11.3 Å². The van der Waals surface area contributed by atoms with Crippen LogP contribution in [0.15, 0.2) is 54.9 Å². The number of methoxy groups -OCH3 is 1. The van der Waals surface area contributed by atoms with Crippen LogP contribution < -0.4 is 0 Å². The molecule has 4 nitrogen and oxygen atoms in total. The lowest BCUT2D eigenvalue weighted by molar-refractivity contribution is 0.0600. The van der Waals surface area contributed by atoms with Gasteiger partial charge in [-0.05, 0) is 29.8 Å². The number of carbonyl (C=O) groups is 1. The van der Waals surface area contributed by atoms with Crippen molar-refractivity contribution < 1.29 is 9.53 Å². The van der Waals surface area contributed by atoms with E-state index in [9.17, 15) is 4.79 Å². The molecular weight excluding hydrogens is 347 g/mol. The number of hydrogen-bond donors (Lipinski definition) is 0. The first-order valence-corrected chi connectivity index (χ1v) is 7.98. The Labute approximate surface area is 149 Å². The first kappa shape index (κ1) is 16.6. The Balaban J connectivity index is 1.89. The van der Waals surface area contributed by atoms with Gasteiger partial charge in [0.25, 0.3) is 0 Å². The molecular formula is C18H14Cl2N2O2. The molecule has 0 saturated heterocycles. The number of aromatic nitrogens is 2. The topological polar surface area (TPSA) is 44.1 Å². The minimum Gasteiger partial charge on any atom is -0.465 e. The number of rotatable bonds is 4. The number of imidazole rings is 1. The molecule has 0 aliphatic carbocycles. The zero-order valence-corrected chi connectivity index (χ0v) is 14.4. The number of carbonyl (C=O) groups excluding carboxylic acids is 1. The van der Waals surface area contributed by atoms with Crippen LogP contribution in [0.5, 0.6) is 0 Å². The fourth-order valence-corrected chi connectivity index (χ4v) is 2.80. The monoisotopic (exact) mass is 360 g/mol. The van der Waals surface area contributed by atoms with Gasteiger partial charge in [0.1, 0.15) is 5.82 Å². The van der Waals surface area contributed by atoms with Gasteiger partial charge in [0.2, 0.25) is 0 Å². The van der Waals surface area contributed by atoms with E-state index in [-0.39, 0.29) is 5.97 Å². The molecule has 0 N–H and O–H groups in total. The van der Waals surface area contributed by atoms with E-state index in [0.29, 0.717) is 22.2 Å². The summed E-state index contributed by atoms with van der Waals surface area (Å²) in [5, 5.41) is 0.971. The molecule has 2 aromatic carbocycles. The van der Waals surface area contributed by atoms with Gasteiger partial charge < -0.3 is 9.30 Å². The minimum atomic E-state index is -0.351. The number of halogens is 2. The largest absolute Gasteiger partial charge is 0.465 e. The standard InChI is InChI=1S/C18H14Cl2N2O2/c1-24-18(23)13-7-5-12(6-8-13)11-22-10-9-21-17(22)14-3-2-4-15(19)16(14)20/h2-10H,11H2,1H3. The second-order valence-electron chi connectivity index (χ2n) is 5.17. The first-order chi connectivity index (χ1) is 11.6. The van der Waals surface area contributed by atoms with Crippen LogP contribution in [0, 0.1) is 0 Å². The fourth-order valence-electron chi connectivity index (χ4n) is 2.42. The molecule has 0 spiro atoms. The van der Waals surface area contributed by atoms with E-state index in [4.69, 9.17) is 27.9 Å². The van der Waals surface area contributed by atoms with Crippen LogP contribution in [0.1, 0.15) is 15.9 Å². The molecule has 122 valence electrons. The second-order valence-corrected chi connectivity index (χ2v) is 5.95. The Morgan fingerprint density at radius 1 is 1.17 bits per heavy atom. The van der Waals surface area contributed by atoms with Crippen LogP contribution in [0.4, 0.5) is 0 Å². The molecule has 0 saturated carbocycles. The molecule has 0 fully saturated rings. The average molecular weight is 361 g/mol. The quantitative estimate of drug-likeness (QED) is 0.633. The minimum absolute atomic E-state index is 0.351. The third-order valence-electron chi connectivity index (χ3n) is 3.64. The SMILES string of the molecule is COC(=O)c1ccc(Cn2ccnc2-c2cccc(Cl)c2Cl)cc1. The Bertz CT molecular complexity index is 873. The van der Waals surface area contributed by atoms with Crippen molar-refractivity contribution in [2.24, 2.45) is 0 Å². The third kappa shape index (κ3) is 3.30. The zero-order valence-electron chi connectivity index (χ0n) is 12.9. The van der Waals surface area contributed by atoms with Crippen LogP contribution >= 0.6 is 23.2 Å². The number of hydrogen-bond acceptors (Lipinski definition) is 3. The van der Waals surface area contributed by atoms with Crippen LogP contribution in [-0.4, -0.2) is 22.6 Å². The summed E-state index contributed by atoms with van der Waals surface area (Å²) >= 11 is 12.4. The summed E-state index contributed by atoms with van der Waals surface area (Å²) in [6, 6.07) is 12.7. The van der Waals surface area contributed by atoms with Crippen molar-refractivity contribution in [1.82, 2.24) is 9.55 Å². The molecule has 0 bridgehead atoms. The van der Waals surface area contributed by atoms with E-state index in [2.05, 4.69) is 4.98 Å². The summed E-state index contributed by atoms with van der Waals surface area (Å²) in [6.45, 7) is 0.597. The van der Waals surface area contributed by atoms with Crippen molar-refractivity contribution in [1.29, 1.82) is 0 Å². The highest BCUT2D eigenvalue weighted by Crippen LogP contribution is 2.32. The Hall–Kier alpha value is -2.30. The molecule has 0 amide bonds. The molecule has 0 atom stereocenters. The molecule has 1 aromatic heterocycles. The lowest BCUT2D eigenvalue weighted by atomic mass is 10.1. The molecule has 3 aromatic rings. The van der Waals surface area contributed by atoms with Crippen molar-refractivity contribution in [2.45, 2.75) is 6.54 Å². The molecule has 0 radical (unpaired) electrons. The predicted molar refractivity (Wildman–Crippen MR) is 94.6 cm³/mol. The highest BCUT2D eigenvalue weighted by atomic mass is 35.5. The lowest BCUT2D eigenvalue weighted by Crippen LogP contribution is -2.04. The van der Waals surface area contributed by atoms with E-state index in [1.807, 2.05) is 35.0 Å². The fraction of sp³-hybridized carbons (Fsp3) is 0.111. The molecule has 0 aliphatic heterocycles. The first-order valence-electron chi connectivity index (χ1n) is 7.23. The van der Waals surface area contributed by atoms with Gasteiger partial charge in [-0.3, -0.25) is 0 Å². The van der Waals surface area contributed by atoms with Crippen LogP contribution in [0.2, 0.25) is 10.0 Å². The van der Waals surface area contributed by atoms with Gasteiger partial charge in [-0.2, -0.15) is 0 Å². The normalized spacial score (nSPS) is 10.6. The summed E-state index contributed by atoms with van der Waals surface area (Å²) in [6.07, 6.45) is 3.59. The summed E-state index contributed by atoms with van der Waals surface area (Å²) < 4.78 is 6.68. The summed E-state index contributed by atoms with van der Waals surface area (Å²) in [5.74, 6) is 0.384. The zero-order chi connectivity index (χ0) is 17.1. The van der Waals surface area contributed by atoms with Gasteiger partial charge >= 0.3 is 5.97 Å². The second kappa shape index (κ2) is 7.07. The average Bonchev–Trinajstić information content (AvgIpc) is 3.05. The van der Waals surface area contributed by atoms with Crippen molar-refractivity contribution in [3.05, 3.63) is 76.0 Å². The molecule has 1 heterocycles. The molecule has 0 aliphatic rings. The molecule has 6 heteroatoms. The van der Waals surface area contributed by atoms with Gasteiger partial charge in [0.05, 0.1) is 22.7 Å². The summed E-state index contributed by atoms with van der Waals surface area (Å²) in [7, 11) is 1.36. The smallest absolute Gasteiger partial charge is 0.337 e. The van der Waals surface area contributed by atoms with Crippen LogP contribution in [0.3, 0.4) is 0 Å². The highest BCUT2D eigenvalue weighted by Gasteiger charge is 2.12. The number of esters is 1. The Kier molecular flexibility index (Phi) is 4.88. The lowest BCUT2D eigenvalue weighted by Gasteiger charge is -2.10. The van der Waals surface area contributed by atoms with E-state index in [1.54, 1.807) is 24.4 Å². The maximum atomic E-state index is 11.5. The van der Waals surface area contributed by atoms with Gasteiger partial charge in [0.15, 0.2) is 0 Å². The van der Waals surface area contributed by atoms with Crippen molar-refractivity contribution in [3.63, 3.8) is 0 Å². The number of nitrogens with zero attached hydrogens (tertiary/aromatic N) is 2. The van der Waals surface area contributed by atoms with Gasteiger partial charge in [0, 0.05) is 24.5 Å². The maximum Gasteiger partial charge on any atom is 0.337 e. The molecule has 3 rings (SSSR count). The summed E-state index contributed by atoms with van der Waals surface area (Å²) in [4.78, 5) is 15.9. The Morgan fingerprint density at radius 3 is 2.62 bits per heavy atom. The van der Waals surface area contributed by atoms with Crippen molar-refractivity contribution >= 4 is 29.2 Å². The third-order valence-corrected chi connectivity index (χ3v) is 4.45. The van der Waals surface area contributed by atoms with Gasteiger partial charge in [-0.25, -0.2) is 9.78 Å². The van der Waals surface area contributed by atoms with E-state index < -0.39 is 0 Å². The van der Waals surface area contributed by atoms with E-state index in [0.717, 1.165) is 17.0 Å². The predicted octanol–water partition coefficient (Wildman–Crippen LogP) is 4.69. The van der Waals surface area contributed by atoms with Gasteiger partial charge in [-0.15, -0.1) is 0 Å². The molecule has 24 heavy (non-hydrogen) atoms. The van der Waals surface area contributed by atoms with E-state index in [1.165, 1.54) is 7.11 Å². The van der Waals surface area contributed by atoms with Crippen LogP contribution in [0.25, 0.3) is 11.4 Å². The Morgan fingerprint density at radius 2 is 1.92 bits per heavy atom. The van der Waals surface area contributed by atoms with Crippen molar-refractivity contribution in [2.75, 3.05) is 7.11 Å². The van der Waals surface area contributed by atoms with E-state index >= 15 is 0 Å². The van der Waals surface area contributed by atoms with Crippen molar-refractivity contribution in [3.8, 4) is 11.4 Å².